The molecule has 0 amide bonds. The summed E-state index contributed by atoms with van der Waals surface area (Å²) in [7, 11) is -10.0. The number of hydrogen-bond donors (Lipinski definition) is 0. The molecule has 0 atom stereocenters. The zero-order chi connectivity index (χ0) is 23.8. The smallest absolute Gasteiger partial charge is 0.744 e. The van der Waals surface area contributed by atoms with E-state index in [2.05, 4.69) is 0 Å². The third-order valence-electron chi connectivity index (χ3n) is 5.78. The van der Waals surface area contributed by atoms with Crippen molar-refractivity contribution in [2.75, 3.05) is 0 Å². The quantitative estimate of drug-likeness (QED) is 0.217. The summed E-state index contributed by atoms with van der Waals surface area (Å²) < 4.78 is 76.1. The number of fused-ring (bicyclic) bond motifs is 6. The average molecular weight is 571 g/mol. The van der Waals surface area contributed by atoms with Gasteiger partial charge in [-0.05, 0) is 27.6 Å². The van der Waals surface area contributed by atoms with Gasteiger partial charge in [-0.3, -0.25) is 0 Å². The molecule has 6 aromatic rings. The molecular weight excluding hydrogens is 559 g/mol. The van der Waals surface area contributed by atoms with Gasteiger partial charge in [-0.25, -0.2) is 16.8 Å². The SMILES string of the molecule is O=S(=O)([O-])c1c(-c2sc3ccc4ccccc4c3c2S(=O)(=O)[O-])sc2c1ccc1ccccc12.[Na+].[Na+]. The molecule has 0 aliphatic carbocycles. The Balaban J connectivity index is 0.00000152. The van der Waals surface area contributed by atoms with E-state index in [1.54, 1.807) is 48.5 Å². The van der Waals surface area contributed by atoms with Crippen LogP contribution in [0.1, 0.15) is 0 Å². The van der Waals surface area contributed by atoms with Gasteiger partial charge in [-0.2, -0.15) is 0 Å². The van der Waals surface area contributed by atoms with E-state index in [-0.39, 0.29) is 79.6 Å². The molecule has 6 rings (SSSR count). The predicted molar refractivity (Wildman–Crippen MR) is 134 cm³/mol. The van der Waals surface area contributed by atoms with Gasteiger partial charge in [-0.1, -0.05) is 66.7 Å². The normalized spacial score (nSPS) is 12.2. The number of hydrogen-bond acceptors (Lipinski definition) is 8. The Morgan fingerprint density at radius 1 is 0.556 bits per heavy atom. The Morgan fingerprint density at radius 2 is 1.08 bits per heavy atom. The molecule has 36 heavy (non-hydrogen) atoms. The minimum absolute atomic E-state index is 0. The van der Waals surface area contributed by atoms with Crippen LogP contribution < -0.4 is 59.1 Å². The molecule has 0 bridgehead atoms. The molecule has 0 radical (unpaired) electrons. The Bertz CT molecular complexity index is 2030. The van der Waals surface area contributed by atoms with Crippen molar-refractivity contribution in [3.05, 3.63) is 72.8 Å². The van der Waals surface area contributed by atoms with E-state index < -0.39 is 30.0 Å². The molecule has 0 saturated heterocycles. The zero-order valence-electron chi connectivity index (χ0n) is 19.0. The first-order chi connectivity index (χ1) is 16.1. The van der Waals surface area contributed by atoms with E-state index in [4.69, 9.17) is 0 Å². The van der Waals surface area contributed by atoms with Crippen molar-refractivity contribution in [2.45, 2.75) is 9.79 Å². The molecule has 170 valence electrons. The molecule has 2 aromatic heterocycles. The number of benzene rings is 4. The number of rotatable bonds is 3. The van der Waals surface area contributed by atoms with Crippen LogP contribution >= 0.6 is 22.7 Å². The predicted octanol–water partition coefficient (Wildman–Crippen LogP) is -0.0944. The Labute approximate surface area is 259 Å². The van der Waals surface area contributed by atoms with Crippen LogP contribution in [0.4, 0.5) is 0 Å². The summed E-state index contributed by atoms with van der Waals surface area (Å²) in [5, 5.41) is 3.34. The molecule has 4 aromatic carbocycles. The first-order valence-electron chi connectivity index (χ1n) is 9.95. The maximum atomic E-state index is 12.6. The first-order valence-corrected chi connectivity index (χ1v) is 14.4. The van der Waals surface area contributed by atoms with Gasteiger partial charge in [-0.15, -0.1) is 22.7 Å². The molecular formula is C24H12Na2O6S4. The molecule has 6 nitrogen and oxygen atoms in total. The standard InChI is InChI=1S/C24H14O6S4.2Na/c25-33(26,27)23-17-11-9-14-6-2-4-8-16(14)20(17)32-21(23)22-24(34(28,29)30)19-15-7-3-1-5-13(15)10-12-18(19)31-22;;/h1-12H,(H,25,26,27)(H,28,29,30);;/q;2*+1/p-2. The van der Waals surface area contributed by atoms with Gasteiger partial charge in [0, 0.05) is 20.2 Å². The molecule has 0 aliphatic rings. The van der Waals surface area contributed by atoms with Gasteiger partial charge in [0.15, 0.2) is 0 Å². The summed E-state index contributed by atoms with van der Waals surface area (Å²) in [4.78, 5) is -1.05. The molecule has 0 spiro atoms. The van der Waals surface area contributed by atoms with Gasteiger partial charge in [0.25, 0.3) is 0 Å². The van der Waals surface area contributed by atoms with Crippen LogP contribution in [0.3, 0.4) is 0 Å². The minimum atomic E-state index is -5.03. The Kier molecular flexibility index (Phi) is 7.84. The average Bonchev–Trinajstić information content (AvgIpc) is 3.38. The van der Waals surface area contributed by atoms with Crippen molar-refractivity contribution >= 4 is 84.6 Å². The fraction of sp³-hybridized carbons (Fsp3) is 0. The number of thiophene rings is 2. The van der Waals surface area contributed by atoms with Crippen LogP contribution in [-0.2, 0) is 20.2 Å². The van der Waals surface area contributed by atoms with Crippen molar-refractivity contribution in [2.24, 2.45) is 0 Å². The van der Waals surface area contributed by atoms with Gasteiger partial charge in [0.1, 0.15) is 20.2 Å². The summed E-state index contributed by atoms with van der Waals surface area (Å²) in [6, 6.07) is 21.1. The van der Waals surface area contributed by atoms with Crippen LogP contribution in [0.15, 0.2) is 82.6 Å². The van der Waals surface area contributed by atoms with Crippen molar-refractivity contribution in [1.29, 1.82) is 0 Å². The van der Waals surface area contributed by atoms with E-state index in [1.165, 1.54) is 0 Å². The van der Waals surface area contributed by atoms with Crippen molar-refractivity contribution in [1.82, 2.24) is 0 Å². The van der Waals surface area contributed by atoms with Gasteiger partial charge < -0.3 is 9.11 Å². The molecule has 0 fully saturated rings. The summed E-state index contributed by atoms with van der Waals surface area (Å²) >= 11 is 2.01. The van der Waals surface area contributed by atoms with Gasteiger partial charge in [0.2, 0.25) is 0 Å². The Morgan fingerprint density at radius 3 is 1.72 bits per heavy atom. The van der Waals surface area contributed by atoms with E-state index in [0.717, 1.165) is 38.8 Å². The molecule has 2 heterocycles. The maximum Gasteiger partial charge on any atom is 1.00 e. The fourth-order valence-electron chi connectivity index (χ4n) is 4.43. The summed E-state index contributed by atoms with van der Waals surface area (Å²) in [5.74, 6) is 0. The molecule has 0 N–H and O–H groups in total. The van der Waals surface area contributed by atoms with Crippen LogP contribution in [-0.4, -0.2) is 25.9 Å². The van der Waals surface area contributed by atoms with Crippen LogP contribution in [0, 0.1) is 0 Å². The summed E-state index contributed by atoms with van der Waals surface area (Å²) in [6.07, 6.45) is 0. The van der Waals surface area contributed by atoms with E-state index in [0.29, 0.717) is 14.8 Å². The van der Waals surface area contributed by atoms with Gasteiger partial charge >= 0.3 is 59.1 Å². The second-order valence-electron chi connectivity index (χ2n) is 7.75. The fourth-order valence-corrected chi connectivity index (χ4v) is 9.60. The summed E-state index contributed by atoms with van der Waals surface area (Å²) in [5.41, 5.74) is 0. The van der Waals surface area contributed by atoms with E-state index in [1.807, 2.05) is 24.3 Å². The van der Waals surface area contributed by atoms with Crippen LogP contribution in [0.2, 0.25) is 0 Å². The second-order valence-corrected chi connectivity index (χ2v) is 12.5. The van der Waals surface area contributed by atoms with Crippen molar-refractivity contribution < 1.29 is 85.1 Å². The monoisotopic (exact) mass is 570 g/mol. The van der Waals surface area contributed by atoms with Crippen molar-refractivity contribution in [3.63, 3.8) is 0 Å². The molecule has 0 aliphatic heterocycles. The third kappa shape index (κ3) is 4.51. The molecule has 12 heteroatoms. The minimum Gasteiger partial charge on any atom is -0.744 e. The van der Waals surface area contributed by atoms with E-state index in [9.17, 15) is 25.9 Å². The van der Waals surface area contributed by atoms with Crippen LogP contribution in [0.5, 0.6) is 0 Å². The molecule has 0 unspecified atom stereocenters. The Hall–Kier alpha value is -0.860. The first kappa shape index (κ1) is 28.2. The topological polar surface area (TPSA) is 114 Å². The van der Waals surface area contributed by atoms with E-state index >= 15 is 0 Å². The third-order valence-corrected chi connectivity index (χ3v) is 10.4. The largest absolute Gasteiger partial charge is 1.00 e. The van der Waals surface area contributed by atoms with Crippen LogP contribution in [0.25, 0.3) is 51.5 Å². The zero-order valence-corrected chi connectivity index (χ0v) is 26.3. The van der Waals surface area contributed by atoms with Crippen molar-refractivity contribution in [3.8, 4) is 9.75 Å². The summed E-state index contributed by atoms with van der Waals surface area (Å²) in [6.45, 7) is 0. The molecule has 0 saturated carbocycles. The maximum absolute atomic E-state index is 12.6. The van der Waals surface area contributed by atoms with Gasteiger partial charge in [0.05, 0.1) is 19.5 Å². The second kappa shape index (κ2) is 10.0.